The van der Waals surface area contributed by atoms with Gasteiger partial charge in [0, 0.05) is 12.1 Å². The lowest BCUT2D eigenvalue weighted by Gasteiger charge is -2.22. The van der Waals surface area contributed by atoms with E-state index in [0.717, 1.165) is 37.7 Å². The number of likely N-dealkylation sites (tertiary alicyclic amines) is 1. The largest absolute Gasteiger partial charge is 0.480 e. The summed E-state index contributed by atoms with van der Waals surface area (Å²) in [5.74, 6) is -0.938. The normalized spacial score (nSPS) is 24.2. The maximum Gasteiger partial charge on any atom is 0.326 e. The van der Waals surface area contributed by atoms with Gasteiger partial charge in [0.1, 0.15) is 6.04 Å². The first-order valence-corrected chi connectivity index (χ1v) is 6.33. The molecule has 0 unspecified atom stereocenters. The lowest BCUT2D eigenvalue weighted by Crippen LogP contribution is -2.41. The van der Waals surface area contributed by atoms with Gasteiger partial charge in [0.05, 0.1) is 0 Å². The zero-order valence-electron chi connectivity index (χ0n) is 10.2. The Hall–Kier alpha value is -1.32. The molecule has 0 aromatic heterocycles. The Labute approximate surface area is 101 Å². The van der Waals surface area contributed by atoms with Crippen LogP contribution < -0.4 is 0 Å². The van der Waals surface area contributed by atoms with E-state index in [1.165, 1.54) is 10.5 Å². The summed E-state index contributed by atoms with van der Waals surface area (Å²) >= 11 is 0. The zero-order chi connectivity index (χ0) is 12.4. The third-order valence-corrected chi connectivity index (χ3v) is 3.86. The van der Waals surface area contributed by atoms with Crippen LogP contribution in [-0.2, 0) is 9.59 Å². The first-order chi connectivity index (χ1) is 8.11. The third kappa shape index (κ3) is 2.35. The number of carbonyl (C=O) groups is 2. The molecule has 0 aromatic carbocycles. The van der Waals surface area contributed by atoms with Crippen molar-refractivity contribution in [2.45, 2.75) is 51.5 Å². The molecule has 4 heteroatoms. The maximum absolute atomic E-state index is 12.3. The second-order valence-electron chi connectivity index (χ2n) is 4.93. The minimum atomic E-state index is -0.875. The number of amides is 1. The molecule has 1 atom stereocenters. The molecule has 1 N–H and O–H groups in total. The van der Waals surface area contributed by atoms with E-state index in [1.54, 1.807) is 0 Å². The highest BCUT2D eigenvalue weighted by Gasteiger charge is 2.34. The minimum absolute atomic E-state index is 0.0631. The summed E-state index contributed by atoms with van der Waals surface area (Å²) < 4.78 is 0. The van der Waals surface area contributed by atoms with Crippen molar-refractivity contribution < 1.29 is 14.7 Å². The first kappa shape index (κ1) is 12.1. The van der Waals surface area contributed by atoms with E-state index >= 15 is 0 Å². The van der Waals surface area contributed by atoms with Crippen LogP contribution in [0.2, 0.25) is 0 Å². The van der Waals surface area contributed by atoms with E-state index in [2.05, 4.69) is 0 Å². The van der Waals surface area contributed by atoms with Crippen LogP contribution in [0.5, 0.6) is 0 Å². The number of carboxylic acids is 1. The van der Waals surface area contributed by atoms with E-state index in [1.807, 2.05) is 6.92 Å². The molecule has 17 heavy (non-hydrogen) atoms. The Balaban J connectivity index is 2.14. The van der Waals surface area contributed by atoms with Crippen LogP contribution in [0.1, 0.15) is 45.4 Å². The lowest BCUT2D eigenvalue weighted by atomic mass is 10.1. The van der Waals surface area contributed by atoms with Crippen molar-refractivity contribution in [2.24, 2.45) is 0 Å². The van der Waals surface area contributed by atoms with Gasteiger partial charge in [-0.25, -0.2) is 4.79 Å². The SMILES string of the molecule is CC(C(=O)N1CCC[C@H]1C(=O)O)=C1CCCC1. The predicted octanol–water partition coefficient (Wildman–Crippen LogP) is 1.95. The Morgan fingerprint density at radius 1 is 1.24 bits per heavy atom. The number of hydrogen-bond donors (Lipinski definition) is 1. The molecule has 1 aliphatic heterocycles. The number of allylic oxidation sites excluding steroid dienone is 1. The number of aliphatic carboxylic acids is 1. The second-order valence-corrected chi connectivity index (χ2v) is 4.93. The number of carboxylic acid groups (broad SMARTS) is 1. The fraction of sp³-hybridized carbons (Fsp3) is 0.692. The summed E-state index contributed by atoms with van der Waals surface area (Å²) in [4.78, 5) is 24.8. The minimum Gasteiger partial charge on any atom is -0.480 e. The number of carbonyl (C=O) groups excluding carboxylic acids is 1. The molecular formula is C13H19NO3. The molecule has 0 bridgehead atoms. The summed E-state index contributed by atoms with van der Waals surface area (Å²) in [6, 6.07) is -0.612. The van der Waals surface area contributed by atoms with Gasteiger partial charge in [-0.2, -0.15) is 0 Å². The molecule has 0 radical (unpaired) electrons. The topological polar surface area (TPSA) is 57.6 Å². The van der Waals surface area contributed by atoms with Crippen molar-refractivity contribution in [1.29, 1.82) is 0 Å². The van der Waals surface area contributed by atoms with Gasteiger partial charge in [0.25, 0.3) is 0 Å². The highest BCUT2D eigenvalue weighted by molar-refractivity contribution is 5.96. The highest BCUT2D eigenvalue weighted by atomic mass is 16.4. The lowest BCUT2D eigenvalue weighted by molar-refractivity contribution is -0.146. The summed E-state index contributed by atoms with van der Waals surface area (Å²) in [7, 11) is 0. The Morgan fingerprint density at radius 2 is 1.88 bits per heavy atom. The van der Waals surface area contributed by atoms with Crippen molar-refractivity contribution in [3.8, 4) is 0 Å². The molecule has 2 rings (SSSR count). The van der Waals surface area contributed by atoms with Crippen LogP contribution in [-0.4, -0.2) is 34.5 Å². The van der Waals surface area contributed by atoms with Crippen molar-refractivity contribution >= 4 is 11.9 Å². The van der Waals surface area contributed by atoms with Gasteiger partial charge >= 0.3 is 5.97 Å². The van der Waals surface area contributed by atoms with Crippen LogP contribution in [0.3, 0.4) is 0 Å². The molecular weight excluding hydrogens is 218 g/mol. The van der Waals surface area contributed by atoms with Gasteiger partial charge in [0.15, 0.2) is 0 Å². The molecule has 0 spiro atoms. The molecule has 1 saturated heterocycles. The first-order valence-electron chi connectivity index (χ1n) is 6.33. The molecule has 94 valence electrons. The van der Waals surface area contributed by atoms with Gasteiger partial charge in [-0.3, -0.25) is 4.79 Å². The predicted molar refractivity (Wildman–Crippen MR) is 63.5 cm³/mol. The van der Waals surface area contributed by atoms with E-state index in [-0.39, 0.29) is 5.91 Å². The molecule has 1 aliphatic carbocycles. The standard InChI is InChI=1S/C13H19NO3/c1-9(10-5-2-3-6-10)12(15)14-8-4-7-11(14)13(16)17/h11H,2-8H2,1H3,(H,16,17)/t11-/m0/s1. The van der Waals surface area contributed by atoms with Gasteiger partial charge in [-0.05, 0) is 45.4 Å². The van der Waals surface area contributed by atoms with Crippen molar-refractivity contribution in [3.05, 3.63) is 11.1 Å². The summed E-state index contributed by atoms with van der Waals surface area (Å²) in [5, 5.41) is 9.07. The Kier molecular flexibility index (Phi) is 3.50. The van der Waals surface area contributed by atoms with Crippen LogP contribution in [0.4, 0.5) is 0 Å². The third-order valence-electron chi connectivity index (χ3n) is 3.86. The zero-order valence-corrected chi connectivity index (χ0v) is 10.2. The molecule has 2 aliphatic rings. The quantitative estimate of drug-likeness (QED) is 0.747. The average Bonchev–Trinajstić information content (AvgIpc) is 2.97. The smallest absolute Gasteiger partial charge is 0.326 e. The van der Waals surface area contributed by atoms with E-state index in [4.69, 9.17) is 5.11 Å². The monoisotopic (exact) mass is 237 g/mol. The van der Waals surface area contributed by atoms with E-state index < -0.39 is 12.0 Å². The molecule has 1 saturated carbocycles. The number of rotatable bonds is 2. The molecule has 2 fully saturated rings. The summed E-state index contributed by atoms with van der Waals surface area (Å²) in [5.41, 5.74) is 2.02. The van der Waals surface area contributed by atoms with Gasteiger partial charge in [-0.15, -0.1) is 0 Å². The highest BCUT2D eigenvalue weighted by Crippen LogP contribution is 2.29. The second kappa shape index (κ2) is 4.90. The van der Waals surface area contributed by atoms with Crippen LogP contribution in [0.25, 0.3) is 0 Å². The van der Waals surface area contributed by atoms with E-state index in [0.29, 0.717) is 13.0 Å². The number of hydrogen-bond acceptors (Lipinski definition) is 2. The molecule has 1 amide bonds. The van der Waals surface area contributed by atoms with E-state index in [9.17, 15) is 9.59 Å². The van der Waals surface area contributed by atoms with Crippen molar-refractivity contribution in [1.82, 2.24) is 4.90 Å². The Bertz CT molecular complexity index is 365. The Morgan fingerprint density at radius 3 is 2.47 bits per heavy atom. The molecule has 0 aromatic rings. The fourth-order valence-electron chi connectivity index (χ4n) is 2.81. The molecule has 4 nitrogen and oxygen atoms in total. The van der Waals surface area contributed by atoms with Gasteiger partial charge in [-0.1, -0.05) is 5.57 Å². The van der Waals surface area contributed by atoms with Gasteiger partial charge in [0.2, 0.25) is 5.91 Å². The van der Waals surface area contributed by atoms with Crippen LogP contribution in [0.15, 0.2) is 11.1 Å². The average molecular weight is 237 g/mol. The fourth-order valence-corrected chi connectivity index (χ4v) is 2.81. The van der Waals surface area contributed by atoms with Gasteiger partial charge < -0.3 is 10.0 Å². The summed E-state index contributed by atoms with van der Waals surface area (Å²) in [6.07, 6.45) is 5.70. The molecule has 1 heterocycles. The maximum atomic E-state index is 12.3. The van der Waals surface area contributed by atoms with Crippen molar-refractivity contribution in [3.63, 3.8) is 0 Å². The van der Waals surface area contributed by atoms with Crippen LogP contribution in [0, 0.1) is 0 Å². The number of nitrogens with zero attached hydrogens (tertiary/aromatic N) is 1. The summed E-state index contributed by atoms with van der Waals surface area (Å²) in [6.45, 7) is 2.43. The van der Waals surface area contributed by atoms with Crippen molar-refractivity contribution in [2.75, 3.05) is 6.54 Å². The van der Waals surface area contributed by atoms with Crippen LogP contribution >= 0.6 is 0 Å².